The topological polar surface area (TPSA) is 52.6 Å². The highest BCUT2D eigenvalue weighted by Crippen LogP contribution is 2.32. The number of esters is 1. The molecule has 0 unspecified atom stereocenters. The van der Waals surface area contributed by atoms with Gasteiger partial charge in [-0.1, -0.05) is 44.2 Å². The van der Waals surface area contributed by atoms with Crippen molar-refractivity contribution in [2.45, 2.75) is 58.0 Å². The number of hydrogen-bond acceptors (Lipinski definition) is 6. The van der Waals surface area contributed by atoms with Crippen molar-refractivity contribution in [3.63, 3.8) is 0 Å². The molecule has 0 aliphatic rings. The van der Waals surface area contributed by atoms with Gasteiger partial charge in [0.2, 0.25) is 0 Å². The lowest BCUT2D eigenvalue weighted by Crippen LogP contribution is -2.43. The van der Waals surface area contributed by atoms with Gasteiger partial charge >= 0.3 is 5.97 Å². The molecular formula is C20H30O4S2. The van der Waals surface area contributed by atoms with Crippen LogP contribution in [0.15, 0.2) is 30.3 Å². The van der Waals surface area contributed by atoms with Crippen LogP contribution in [0.5, 0.6) is 0 Å². The van der Waals surface area contributed by atoms with Crippen molar-refractivity contribution in [3.8, 4) is 0 Å². The lowest BCUT2D eigenvalue weighted by Gasteiger charge is -2.32. The summed E-state index contributed by atoms with van der Waals surface area (Å²) in [6.45, 7) is 9.83. The molecule has 1 aromatic rings. The second-order valence-electron chi connectivity index (χ2n) is 6.80. The van der Waals surface area contributed by atoms with Crippen molar-refractivity contribution in [2.75, 3.05) is 11.5 Å². The van der Waals surface area contributed by atoms with Crippen molar-refractivity contribution < 1.29 is 19.1 Å². The highest BCUT2D eigenvalue weighted by Gasteiger charge is 2.37. The number of hydrogen-bond donors (Lipinski definition) is 0. The molecule has 0 spiro atoms. The minimum atomic E-state index is -0.801. The predicted molar refractivity (Wildman–Crippen MR) is 110 cm³/mol. The summed E-state index contributed by atoms with van der Waals surface area (Å²) in [7, 11) is 0. The zero-order valence-corrected chi connectivity index (χ0v) is 17.9. The van der Waals surface area contributed by atoms with Gasteiger partial charge in [0.05, 0.1) is 16.6 Å². The molecule has 0 saturated carbocycles. The molecule has 0 saturated heterocycles. The Labute approximate surface area is 165 Å². The second kappa shape index (κ2) is 11.7. The molecule has 0 heterocycles. The van der Waals surface area contributed by atoms with Crippen molar-refractivity contribution in [1.82, 2.24) is 0 Å². The number of thioether (sulfide) groups is 2. The fraction of sp³-hybridized carbons (Fsp3) is 0.600. The van der Waals surface area contributed by atoms with Crippen LogP contribution in [0, 0.1) is 5.41 Å². The molecule has 0 bridgehead atoms. The van der Waals surface area contributed by atoms with Gasteiger partial charge in [-0.3, -0.25) is 4.79 Å². The number of rotatable bonds is 11. The first-order valence-corrected chi connectivity index (χ1v) is 11.0. The molecule has 4 nitrogen and oxygen atoms in total. The van der Waals surface area contributed by atoms with Crippen molar-refractivity contribution in [1.29, 1.82) is 0 Å². The van der Waals surface area contributed by atoms with Gasteiger partial charge < -0.3 is 14.3 Å². The molecule has 0 radical (unpaired) electrons. The maximum absolute atomic E-state index is 12.5. The van der Waals surface area contributed by atoms with E-state index in [9.17, 15) is 9.59 Å². The summed E-state index contributed by atoms with van der Waals surface area (Å²) in [4.78, 5) is 24.2. The Morgan fingerprint density at radius 3 is 2.15 bits per heavy atom. The summed E-state index contributed by atoms with van der Waals surface area (Å²) < 4.78 is 11.6. The Hall–Kier alpha value is -0.980. The summed E-state index contributed by atoms with van der Waals surface area (Å²) in [5, 5.41) is 0. The molecule has 1 aromatic carbocycles. The zero-order valence-electron chi connectivity index (χ0n) is 16.3. The minimum Gasteiger partial charge on any atom is -0.457 e. The van der Waals surface area contributed by atoms with Crippen LogP contribution < -0.4 is 0 Å². The number of carbonyl (C=O) groups excluding carboxylic acids is 2. The molecule has 0 amide bonds. The molecular weight excluding hydrogens is 368 g/mol. The molecule has 2 atom stereocenters. The van der Waals surface area contributed by atoms with Gasteiger partial charge in [0.15, 0.2) is 18.5 Å². The maximum Gasteiger partial charge on any atom is 0.311 e. The number of benzene rings is 1. The minimum absolute atomic E-state index is 0.0535. The molecule has 1 rings (SSSR count). The zero-order chi connectivity index (χ0) is 19.6. The van der Waals surface area contributed by atoms with Gasteiger partial charge in [0.25, 0.3) is 0 Å². The Balaban J connectivity index is 2.96. The maximum atomic E-state index is 12.5. The first-order valence-electron chi connectivity index (χ1n) is 8.88. The lowest BCUT2D eigenvalue weighted by molar-refractivity contribution is -0.166. The average Bonchev–Trinajstić information content (AvgIpc) is 2.61. The fourth-order valence-electron chi connectivity index (χ4n) is 2.12. The molecule has 26 heavy (non-hydrogen) atoms. The lowest BCUT2D eigenvalue weighted by atomic mass is 9.97. The van der Waals surface area contributed by atoms with E-state index < -0.39 is 17.6 Å². The Bertz CT molecular complexity index is 536. The third-order valence-corrected chi connectivity index (χ3v) is 6.21. The smallest absolute Gasteiger partial charge is 0.311 e. The van der Waals surface area contributed by atoms with Gasteiger partial charge in [-0.15, -0.1) is 23.5 Å². The molecule has 6 heteroatoms. The van der Waals surface area contributed by atoms with E-state index in [-0.39, 0.29) is 10.6 Å². The van der Waals surface area contributed by atoms with Crippen LogP contribution in [0.4, 0.5) is 0 Å². The van der Waals surface area contributed by atoms with E-state index in [1.165, 1.54) is 0 Å². The van der Waals surface area contributed by atoms with Gasteiger partial charge in [-0.2, -0.15) is 0 Å². The molecule has 0 aliphatic heterocycles. The number of carbonyl (C=O) groups is 2. The van der Waals surface area contributed by atoms with E-state index in [1.54, 1.807) is 23.5 Å². The Morgan fingerprint density at radius 1 is 1.12 bits per heavy atom. The van der Waals surface area contributed by atoms with E-state index in [0.29, 0.717) is 6.61 Å². The normalized spacial score (nSPS) is 14.1. The number of ether oxygens (including phenoxy) is 2. The van der Waals surface area contributed by atoms with Crippen LogP contribution in [-0.4, -0.2) is 40.6 Å². The van der Waals surface area contributed by atoms with E-state index in [2.05, 4.69) is 13.8 Å². The monoisotopic (exact) mass is 398 g/mol. The van der Waals surface area contributed by atoms with E-state index in [1.807, 2.05) is 51.1 Å². The molecule has 146 valence electrons. The summed E-state index contributed by atoms with van der Waals surface area (Å²) in [5.41, 5.74) is 0.340. The Morgan fingerprint density at radius 2 is 1.69 bits per heavy atom. The van der Waals surface area contributed by atoms with Crippen LogP contribution >= 0.6 is 23.5 Å². The molecule has 0 N–H and O–H groups in total. The largest absolute Gasteiger partial charge is 0.457 e. The first kappa shape index (κ1) is 23.1. The van der Waals surface area contributed by atoms with Crippen LogP contribution in [0.25, 0.3) is 0 Å². The standard InChI is InChI=1S/C20H30O4S2/c1-6-25-18(26-7-2)17(24-19(22)20(3,4)5)16(13-21)23-14-15-11-9-8-10-12-15/h8-13,16-18H,6-7,14H2,1-5H3/t16-,17+/m0/s1. The van der Waals surface area contributed by atoms with Crippen LogP contribution in [0.1, 0.15) is 40.2 Å². The quantitative estimate of drug-likeness (QED) is 0.309. The highest BCUT2D eigenvalue weighted by molar-refractivity contribution is 8.17. The summed E-state index contributed by atoms with van der Waals surface area (Å²) >= 11 is 3.35. The average molecular weight is 399 g/mol. The predicted octanol–water partition coefficient (Wildman–Crippen LogP) is 4.56. The molecule has 0 aromatic heterocycles. The van der Waals surface area contributed by atoms with Crippen molar-refractivity contribution in [2.24, 2.45) is 5.41 Å². The van der Waals surface area contributed by atoms with Crippen LogP contribution in [0.3, 0.4) is 0 Å². The van der Waals surface area contributed by atoms with Crippen molar-refractivity contribution in [3.05, 3.63) is 35.9 Å². The summed E-state index contributed by atoms with van der Waals surface area (Å²) in [5.74, 6) is 1.41. The summed E-state index contributed by atoms with van der Waals surface area (Å²) in [6, 6.07) is 9.66. The second-order valence-corrected chi connectivity index (χ2v) is 9.93. The summed E-state index contributed by atoms with van der Waals surface area (Å²) in [6.07, 6.45) is -0.675. The van der Waals surface area contributed by atoms with Crippen LogP contribution in [-0.2, 0) is 25.7 Å². The third-order valence-electron chi connectivity index (χ3n) is 3.53. The van der Waals surface area contributed by atoms with Gasteiger partial charge in [-0.25, -0.2) is 0 Å². The molecule has 0 aliphatic carbocycles. The van der Waals surface area contributed by atoms with Gasteiger partial charge in [-0.05, 0) is 37.8 Å². The SMILES string of the molecule is CCSC(SCC)[C@H](OC(=O)C(C)(C)C)[C@H](C=O)OCc1ccccc1. The Kier molecular flexibility index (Phi) is 10.4. The van der Waals surface area contributed by atoms with Crippen molar-refractivity contribution >= 4 is 35.8 Å². The first-order chi connectivity index (χ1) is 12.3. The van der Waals surface area contributed by atoms with E-state index in [4.69, 9.17) is 9.47 Å². The number of aldehydes is 1. The van der Waals surface area contributed by atoms with E-state index >= 15 is 0 Å². The fourth-order valence-corrected chi connectivity index (χ4v) is 4.78. The third kappa shape index (κ3) is 7.72. The highest BCUT2D eigenvalue weighted by atomic mass is 32.2. The van der Waals surface area contributed by atoms with Gasteiger partial charge in [0.1, 0.15) is 0 Å². The van der Waals surface area contributed by atoms with Gasteiger partial charge in [0, 0.05) is 0 Å². The molecule has 0 fully saturated rings. The van der Waals surface area contributed by atoms with Crippen LogP contribution in [0.2, 0.25) is 0 Å². The van der Waals surface area contributed by atoms with E-state index in [0.717, 1.165) is 23.4 Å².